The van der Waals surface area contributed by atoms with Crippen LogP contribution in [0.2, 0.25) is 5.02 Å². The topological polar surface area (TPSA) is 75.7 Å². The van der Waals surface area contributed by atoms with E-state index in [0.29, 0.717) is 29.4 Å². The van der Waals surface area contributed by atoms with Crippen LogP contribution in [0.3, 0.4) is 0 Å². The number of halogens is 1. The molecule has 0 aromatic heterocycles. The molecular formula is C19H23ClN2O4S. The van der Waals surface area contributed by atoms with Gasteiger partial charge in [-0.05, 0) is 30.2 Å². The molecule has 2 aromatic rings. The Bertz CT molecular complexity index is 887. The second-order valence-electron chi connectivity index (χ2n) is 6.01. The number of methoxy groups -OCH3 is 1. The molecule has 0 heterocycles. The van der Waals surface area contributed by atoms with Gasteiger partial charge in [0.25, 0.3) is 0 Å². The summed E-state index contributed by atoms with van der Waals surface area (Å²) in [5, 5.41) is 3.40. The minimum absolute atomic E-state index is 0.158. The molecule has 0 bridgehead atoms. The fourth-order valence-corrected chi connectivity index (χ4v) is 3.72. The molecule has 1 amide bonds. The first-order valence-electron chi connectivity index (χ1n) is 8.43. The van der Waals surface area contributed by atoms with Crippen molar-refractivity contribution in [1.29, 1.82) is 0 Å². The van der Waals surface area contributed by atoms with E-state index in [-0.39, 0.29) is 18.9 Å². The van der Waals surface area contributed by atoms with E-state index in [2.05, 4.69) is 5.32 Å². The number of amides is 1. The number of ether oxygens (including phenoxy) is 1. The Labute approximate surface area is 165 Å². The van der Waals surface area contributed by atoms with E-state index in [1.54, 1.807) is 30.3 Å². The Morgan fingerprint density at radius 2 is 1.93 bits per heavy atom. The first-order chi connectivity index (χ1) is 12.8. The van der Waals surface area contributed by atoms with Crippen molar-refractivity contribution >= 4 is 33.2 Å². The van der Waals surface area contributed by atoms with E-state index < -0.39 is 10.0 Å². The molecule has 0 spiro atoms. The van der Waals surface area contributed by atoms with Crippen molar-refractivity contribution in [3.8, 4) is 5.75 Å². The van der Waals surface area contributed by atoms with Gasteiger partial charge in [0.1, 0.15) is 5.75 Å². The molecule has 0 aliphatic heterocycles. The third kappa shape index (κ3) is 6.45. The summed E-state index contributed by atoms with van der Waals surface area (Å²) in [6, 6.07) is 14.1. The Morgan fingerprint density at radius 3 is 2.59 bits per heavy atom. The highest BCUT2D eigenvalue weighted by Gasteiger charge is 2.18. The van der Waals surface area contributed by atoms with E-state index in [0.717, 1.165) is 11.8 Å². The molecule has 0 saturated heterocycles. The van der Waals surface area contributed by atoms with Crippen molar-refractivity contribution < 1.29 is 17.9 Å². The molecule has 0 radical (unpaired) electrons. The molecule has 146 valence electrons. The number of anilines is 1. The first-order valence-corrected chi connectivity index (χ1v) is 10.7. The number of nitrogens with zero attached hydrogens (tertiary/aromatic N) is 1. The van der Waals surface area contributed by atoms with E-state index in [1.807, 2.05) is 18.2 Å². The van der Waals surface area contributed by atoms with Crippen LogP contribution in [-0.4, -0.2) is 34.2 Å². The van der Waals surface area contributed by atoms with Gasteiger partial charge < -0.3 is 10.1 Å². The van der Waals surface area contributed by atoms with Crippen LogP contribution in [0.1, 0.15) is 18.4 Å². The van der Waals surface area contributed by atoms with E-state index >= 15 is 0 Å². The van der Waals surface area contributed by atoms with Crippen LogP contribution in [-0.2, 0) is 21.4 Å². The molecule has 0 unspecified atom stereocenters. The van der Waals surface area contributed by atoms with Crippen LogP contribution in [0, 0.1) is 0 Å². The summed E-state index contributed by atoms with van der Waals surface area (Å²) in [7, 11) is -1.95. The van der Waals surface area contributed by atoms with Crippen LogP contribution in [0.25, 0.3) is 0 Å². The van der Waals surface area contributed by atoms with E-state index in [1.165, 1.54) is 11.4 Å². The smallest absolute Gasteiger partial charge is 0.232 e. The molecule has 8 heteroatoms. The van der Waals surface area contributed by atoms with Crippen LogP contribution >= 0.6 is 11.6 Å². The lowest BCUT2D eigenvalue weighted by Crippen LogP contribution is -2.32. The second kappa shape index (κ2) is 9.62. The van der Waals surface area contributed by atoms with Gasteiger partial charge in [-0.1, -0.05) is 35.9 Å². The minimum atomic E-state index is -3.47. The van der Waals surface area contributed by atoms with Gasteiger partial charge in [0, 0.05) is 30.6 Å². The van der Waals surface area contributed by atoms with E-state index in [4.69, 9.17) is 16.3 Å². The molecule has 2 aromatic carbocycles. The van der Waals surface area contributed by atoms with E-state index in [9.17, 15) is 13.2 Å². The highest BCUT2D eigenvalue weighted by molar-refractivity contribution is 7.92. The Balaban J connectivity index is 1.91. The number of rotatable bonds is 9. The van der Waals surface area contributed by atoms with Gasteiger partial charge in [-0.15, -0.1) is 0 Å². The molecular weight excluding hydrogens is 388 g/mol. The lowest BCUT2D eigenvalue weighted by atomic mass is 10.2. The molecule has 27 heavy (non-hydrogen) atoms. The number of carbonyl (C=O) groups excluding carboxylic acids is 1. The lowest BCUT2D eigenvalue weighted by Gasteiger charge is -2.22. The first kappa shape index (κ1) is 21.1. The average Bonchev–Trinajstić information content (AvgIpc) is 2.63. The number of hydrogen-bond donors (Lipinski definition) is 1. The third-order valence-electron chi connectivity index (χ3n) is 3.94. The summed E-state index contributed by atoms with van der Waals surface area (Å²) in [4.78, 5) is 12.1. The normalized spacial score (nSPS) is 11.1. The summed E-state index contributed by atoms with van der Waals surface area (Å²) in [5.74, 6) is 0.410. The lowest BCUT2D eigenvalue weighted by molar-refractivity contribution is -0.121. The van der Waals surface area contributed by atoms with Crippen molar-refractivity contribution in [3.05, 3.63) is 59.1 Å². The second-order valence-corrected chi connectivity index (χ2v) is 8.32. The van der Waals surface area contributed by atoms with Gasteiger partial charge in [0.05, 0.1) is 19.1 Å². The molecule has 6 nitrogen and oxygen atoms in total. The molecule has 0 aliphatic rings. The highest BCUT2D eigenvalue weighted by Crippen LogP contribution is 2.23. The zero-order valence-electron chi connectivity index (χ0n) is 15.3. The molecule has 0 atom stereocenters. The maximum Gasteiger partial charge on any atom is 0.232 e. The van der Waals surface area contributed by atoms with Crippen LogP contribution < -0.4 is 14.4 Å². The summed E-state index contributed by atoms with van der Waals surface area (Å²) in [6.45, 7) is 0.537. The summed E-state index contributed by atoms with van der Waals surface area (Å²) in [6.07, 6.45) is 1.74. The zero-order chi connectivity index (χ0) is 19.9. The third-order valence-corrected chi connectivity index (χ3v) is 5.50. The molecule has 1 N–H and O–H groups in total. The predicted octanol–water partition coefficient (Wildman–Crippen LogP) is 3.21. The summed E-state index contributed by atoms with van der Waals surface area (Å²) < 4.78 is 30.7. The SMILES string of the molecule is COc1cccc(N(CCCC(=O)NCc2ccccc2Cl)S(C)(=O)=O)c1. The number of nitrogens with one attached hydrogen (secondary N) is 1. The summed E-state index contributed by atoms with van der Waals surface area (Å²) >= 11 is 6.06. The Kier molecular flexibility index (Phi) is 7.50. The predicted molar refractivity (Wildman–Crippen MR) is 108 cm³/mol. The maximum absolute atomic E-state index is 12.1. The molecule has 0 fully saturated rings. The molecule has 0 saturated carbocycles. The van der Waals surface area contributed by atoms with Gasteiger partial charge in [-0.2, -0.15) is 0 Å². The number of carbonyl (C=O) groups is 1. The van der Waals surface area contributed by atoms with Gasteiger partial charge in [-0.25, -0.2) is 8.42 Å². The van der Waals surface area contributed by atoms with Crippen molar-refractivity contribution in [2.45, 2.75) is 19.4 Å². The van der Waals surface area contributed by atoms with Gasteiger partial charge in [0.15, 0.2) is 0 Å². The number of hydrogen-bond acceptors (Lipinski definition) is 4. The van der Waals surface area contributed by atoms with Crippen molar-refractivity contribution in [1.82, 2.24) is 5.32 Å². The zero-order valence-corrected chi connectivity index (χ0v) is 16.9. The van der Waals surface area contributed by atoms with Crippen LogP contribution in [0.4, 0.5) is 5.69 Å². The number of sulfonamides is 1. The molecule has 2 rings (SSSR count). The summed E-state index contributed by atoms with van der Waals surface area (Å²) in [5.41, 5.74) is 1.34. The number of benzene rings is 2. The average molecular weight is 411 g/mol. The standard InChI is InChI=1S/C19H23ClN2O4S/c1-26-17-9-5-8-16(13-17)22(27(2,24)25)12-6-11-19(23)21-14-15-7-3-4-10-18(15)20/h3-5,7-10,13H,6,11-12,14H2,1-2H3,(H,21,23). The van der Waals surface area contributed by atoms with Crippen molar-refractivity contribution in [2.24, 2.45) is 0 Å². The molecule has 0 aliphatic carbocycles. The Morgan fingerprint density at radius 1 is 1.19 bits per heavy atom. The van der Waals surface area contributed by atoms with Gasteiger partial charge in [-0.3, -0.25) is 9.10 Å². The highest BCUT2D eigenvalue weighted by atomic mass is 35.5. The quantitative estimate of drug-likeness (QED) is 0.688. The largest absolute Gasteiger partial charge is 0.497 e. The van der Waals surface area contributed by atoms with Gasteiger partial charge in [0.2, 0.25) is 15.9 Å². The van der Waals surface area contributed by atoms with Crippen LogP contribution in [0.15, 0.2) is 48.5 Å². The Hall–Kier alpha value is -2.25. The minimum Gasteiger partial charge on any atom is -0.497 e. The maximum atomic E-state index is 12.1. The van der Waals surface area contributed by atoms with Crippen molar-refractivity contribution in [3.63, 3.8) is 0 Å². The van der Waals surface area contributed by atoms with Crippen molar-refractivity contribution in [2.75, 3.05) is 24.2 Å². The van der Waals surface area contributed by atoms with Gasteiger partial charge >= 0.3 is 0 Å². The fourth-order valence-electron chi connectivity index (χ4n) is 2.56. The fraction of sp³-hybridized carbons (Fsp3) is 0.316. The van der Waals surface area contributed by atoms with Crippen LogP contribution in [0.5, 0.6) is 5.75 Å². The monoisotopic (exact) mass is 410 g/mol.